The highest BCUT2D eigenvalue weighted by Gasteiger charge is 2.32. The monoisotopic (exact) mass is 396 g/mol. The van der Waals surface area contributed by atoms with Gasteiger partial charge >= 0.3 is 0 Å². The molecule has 0 atom stereocenters. The minimum absolute atomic E-state index is 0.266. The van der Waals surface area contributed by atoms with Crippen LogP contribution in [0.4, 0.5) is 4.39 Å². The van der Waals surface area contributed by atoms with Crippen LogP contribution in [0.1, 0.15) is 17.0 Å². The molecule has 9 heteroatoms. The van der Waals surface area contributed by atoms with Crippen LogP contribution in [0.25, 0.3) is 0 Å². The summed E-state index contributed by atoms with van der Waals surface area (Å²) in [5.41, 5.74) is 2.08. The molecule has 2 aromatic rings. The Bertz CT molecular complexity index is 890. The van der Waals surface area contributed by atoms with Crippen LogP contribution >= 0.6 is 0 Å². The number of hydrogen-bond donors (Lipinski definition) is 0. The van der Waals surface area contributed by atoms with E-state index < -0.39 is 10.0 Å². The molecule has 1 aromatic heterocycles. The highest BCUT2D eigenvalue weighted by Crippen LogP contribution is 2.24. The Balaban J connectivity index is 1.77. The predicted molar refractivity (Wildman–Crippen MR) is 99.1 cm³/mol. The van der Waals surface area contributed by atoms with E-state index in [-0.39, 0.29) is 10.7 Å². The summed E-state index contributed by atoms with van der Waals surface area (Å²) in [5.74, 6) is -0.266. The van der Waals surface area contributed by atoms with Crippen LogP contribution in [-0.4, -0.2) is 60.8 Å². The standard InChI is InChI=1S/C18H25FN4O3S/c1-14-18(27(24,25)22-8-10-26-11-9-22)15(2)23(20-14)13-21(3)12-16-4-6-17(19)7-5-16/h4-7H,8-13H2,1-3H3. The zero-order chi connectivity index (χ0) is 19.6. The molecule has 148 valence electrons. The number of aromatic nitrogens is 2. The van der Waals surface area contributed by atoms with Crippen LogP contribution in [0, 0.1) is 19.7 Å². The molecule has 7 nitrogen and oxygen atoms in total. The summed E-state index contributed by atoms with van der Waals surface area (Å²) in [6.07, 6.45) is 0. The van der Waals surface area contributed by atoms with E-state index >= 15 is 0 Å². The second-order valence-electron chi connectivity index (χ2n) is 6.80. The molecule has 0 radical (unpaired) electrons. The van der Waals surface area contributed by atoms with Gasteiger partial charge in [-0.05, 0) is 38.6 Å². The van der Waals surface area contributed by atoms with E-state index in [0.717, 1.165) is 5.56 Å². The molecule has 27 heavy (non-hydrogen) atoms. The van der Waals surface area contributed by atoms with E-state index in [1.807, 2.05) is 11.9 Å². The lowest BCUT2D eigenvalue weighted by atomic mass is 10.2. The first kappa shape index (κ1) is 19.9. The number of aryl methyl sites for hydroxylation is 1. The van der Waals surface area contributed by atoms with E-state index in [1.54, 1.807) is 30.7 Å². The Morgan fingerprint density at radius 3 is 2.44 bits per heavy atom. The van der Waals surface area contributed by atoms with E-state index in [1.165, 1.54) is 16.4 Å². The molecule has 0 aliphatic carbocycles. The van der Waals surface area contributed by atoms with Gasteiger partial charge in [0.05, 0.1) is 31.3 Å². The lowest BCUT2D eigenvalue weighted by Crippen LogP contribution is -2.41. The summed E-state index contributed by atoms with van der Waals surface area (Å²) in [5, 5.41) is 4.44. The van der Waals surface area contributed by atoms with Gasteiger partial charge in [-0.2, -0.15) is 9.40 Å². The molecule has 2 heterocycles. The van der Waals surface area contributed by atoms with Crippen molar-refractivity contribution in [1.29, 1.82) is 0 Å². The number of ether oxygens (including phenoxy) is 1. The number of rotatable bonds is 6. The SMILES string of the molecule is Cc1nn(CN(C)Cc2ccc(F)cc2)c(C)c1S(=O)(=O)N1CCOCC1. The van der Waals surface area contributed by atoms with Crippen LogP contribution in [-0.2, 0) is 28.0 Å². The zero-order valence-corrected chi connectivity index (χ0v) is 16.7. The largest absolute Gasteiger partial charge is 0.379 e. The van der Waals surface area contributed by atoms with Gasteiger partial charge in [0.2, 0.25) is 10.0 Å². The van der Waals surface area contributed by atoms with Crippen molar-refractivity contribution < 1.29 is 17.5 Å². The molecule has 0 saturated carbocycles. The van der Waals surface area contributed by atoms with Crippen LogP contribution in [0.3, 0.4) is 0 Å². The molecule has 0 unspecified atom stereocenters. The maximum Gasteiger partial charge on any atom is 0.246 e. The first-order valence-electron chi connectivity index (χ1n) is 8.84. The van der Waals surface area contributed by atoms with Crippen molar-refractivity contribution in [2.75, 3.05) is 33.4 Å². The molecule has 0 amide bonds. The molecule has 3 rings (SSSR count). The third kappa shape index (κ3) is 4.37. The van der Waals surface area contributed by atoms with Gasteiger partial charge in [0.15, 0.2) is 0 Å². The van der Waals surface area contributed by atoms with Gasteiger partial charge in [0.25, 0.3) is 0 Å². The van der Waals surface area contributed by atoms with Gasteiger partial charge in [-0.1, -0.05) is 12.1 Å². The van der Waals surface area contributed by atoms with Crippen molar-refractivity contribution in [3.8, 4) is 0 Å². The fourth-order valence-corrected chi connectivity index (χ4v) is 5.07. The summed E-state index contributed by atoms with van der Waals surface area (Å²) < 4.78 is 47.5. The fraction of sp³-hybridized carbons (Fsp3) is 0.500. The third-order valence-corrected chi connectivity index (χ3v) is 6.78. The Labute approximate surface area is 159 Å². The lowest BCUT2D eigenvalue weighted by molar-refractivity contribution is 0.0730. The minimum Gasteiger partial charge on any atom is -0.379 e. The summed E-state index contributed by atoms with van der Waals surface area (Å²) in [6.45, 7) is 6.06. The molecule has 1 aliphatic heterocycles. The maximum absolute atomic E-state index is 13.0. The van der Waals surface area contributed by atoms with E-state index in [9.17, 15) is 12.8 Å². The van der Waals surface area contributed by atoms with Crippen molar-refractivity contribution in [2.24, 2.45) is 0 Å². The number of hydrogen-bond acceptors (Lipinski definition) is 5. The second-order valence-corrected chi connectivity index (χ2v) is 8.67. The highest BCUT2D eigenvalue weighted by molar-refractivity contribution is 7.89. The zero-order valence-electron chi connectivity index (χ0n) is 15.9. The third-order valence-electron chi connectivity index (χ3n) is 4.62. The first-order valence-corrected chi connectivity index (χ1v) is 10.3. The fourth-order valence-electron chi connectivity index (χ4n) is 3.29. The van der Waals surface area contributed by atoms with Crippen LogP contribution in [0.15, 0.2) is 29.2 Å². The summed E-state index contributed by atoms with van der Waals surface area (Å²) in [7, 11) is -1.68. The van der Waals surface area contributed by atoms with Crippen molar-refractivity contribution >= 4 is 10.0 Å². The van der Waals surface area contributed by atoms with Gasteiger partial charge in [-0.3, -0.25) is 9.58 Å². The van der Waals surface area contributed by atoms with E-state index in [2.05, 4.69) is 5.10 Å². The molecule has 1 aromatic carbocycles. The normalized spacial score (nSPS) is 16.2. The Morgan fingerprint density at radius 2 is 1.81 bits per heavy atom. The molecular formula is C18H25FN4O3S. The van der Waals surface area contributed by atoms with Crippen LogP contribution in [0.5, 0.6) is 0 Å². The smallest absolute Gasteiger partial charge is 0.246 e. The maximum atomic E-state index is 13.0. The minimum atomic E-state index is -3.59. The average molecular weight is 396 g/mol. The van der Waals surface area contributed by atoms with Crippen molar-refractivity contribution in [3.63, 3.8) is 0 Å². The van der Waals surface area contributed by atoms with Crippen molar-refractivity contribution in [1.82, 2.24) is 19.0 Å². The summed E-state index contributed by atoms with van der Waals surface area (Å²) in [4.78, 5) is 2.28. The molecule has 1 fully saturated rings. The number of halogens is 1. The quantitative estimate of drug-likeness (QED) is 0.744. The summed E-state index contributed by atoms with van der Waals surface area (Å²) in [6, 6.07) is 6.33. The number of benzene rings is 1. The van der Waals surface area contributed by atoms with Crippen molar-refractivity contribution in [2.45, 2.75) is 32.0 Å². The molecule has 1 saturated heterocycles. The predicted octanol–water partition coefficient (Wildman–Crippen LogP) is 1.75. The Hall–Kier alpha value is -1.81. The second kappa shape index (κ2) is 8.05. The Morgan fingerprint density at radius 1 is 1.19 bits per heavy atom. The van der Waals surface area contributed by atoms with Gasteiger partial charge in [-0.25, -0.2) is 12.8 Å². The average Bonchev–Trinajstić information content (AvgIpc) is 2.91. The lowest BCUT2D eigenvalue weighted by Gasteiger charge is -2.26. The van der Waals surface area contributed by atoms with Crippen molar-refractivity contribution in [3.05, 3.63) is 47.0 Å². The van der Waals surface area contributed by atoms with Gasteiger partial charge in [-0.15, -0.1) is 0 Å². The molecular weight excluding hydrogens is 371 g/mol. The van der Waals surface area contributed by atoms with E-state index in [4.69, 9.17) is 4.74 Å². The molecule has 0 spiro atoms. The Kier molecular flexibility index (Phi) is 5.95. The van der Waals surface area contributed by atoms with Crippen LogP contribution in [0.2, 0.25) is 0 Å². The number of sulfonamides is 1. The summed E-state index contributed by atoms with van der Waals surface area (Å²) >= 11 is 0. The topological polar surface area (TPSA) is 67.7 Å². The van der Waals surface area contributed by atoms with Gasteiger partial charge < -0.3 is 4.74 Å². The molecule has 0 N–H and O–H groups in total. The van der Waals surface area contributed by atoms with Gasteiger partial charge in [0.1, 0.15) is 10.7 Å². The van der Waals surface area contributed by atoms with Crippen LogP contribution < -0.4 is 0 Å². The highest BCUT2D eigenvalue weighted by atomic mass is 32.2. The number of nitrogens with zero attached hydrogens (tertiary/aromatic N) is 4. The molecule has 0 bridgehead atoms. The van der Waals surface area contributed by atoms with Gasteiger partial charge in [0, 0.05) is 19.6 Å². The molecule has 1 aliphatic rings. The first-order chi connectivity index (χ1) is 12.8. The number of morpholine rings is 1. The van der Waals surface area contributed by atoms with E-state index in [0.29, 0.717) is 50.9 Å².